The molecule has 1 N–H and O–H groups in total. The summed E-state index contributed by atoms with van der Waals surface area (Å²) in [5.41, 5.74) is 3.53. The van der Waals surface area contributed by atoms with Gasteiger partial charge in [0.25, 0.3) is 11.4 Å². The number of hydrogen-bond acceptors (Lipinski definition) is 7. The molecule has 154 valence electrons. The highest BCUT2D eigenvalue weighted by Crippen LogP contribution is 2.23. The molecule has 0 fully saturated rings. The number of nitriles is 1. The van der Waals surface area contributed by atoms with E-state index in [1.807, 2.05) is 37.3 Å². The number of carbonyl (C=O) groups is 1. The van der Waals surface area contributed by atoms with Gasteiger partial charge in [-0.05, 0) is 57.4 Å². The molecule has 0 saturated heterocycles. The number of aryl methyl sites for hydroxylation is 2. The van der Waals surface area contributed by atoms with Gasteiger partial charge < -0.3 is 14.1 Å². The topological polar surface area (TPSA) is 122 Å². The van der Waals surface area contributed by atoms with Gasteiger partial charge in [0.15, 0.2) is 6.10 Å². The van der Waals surface area contributed by atoms with Crippen LogP contribution < -0.4 is 5.56 Å². The van der Waals surface area contributed by atoms with Gasteiger partial charge in [0, 0.05) is 17.7 Å². The lowest BCUT2D eigenvalue weighted by atomic mass is 9.99. The van der Waals surface area contributed by atoms with Crippen molar-refractivity contribution in [1.29, 1.82) is 5.26 Å². The third-order valence-corrected chi connectivity index (χ3v) is 4.89. The van der Waals surface area contributed by atoms with E-state index >= 15 is 0 Å². The van der Waals surface area contributed by atoms with E-state index in [9.17, 15) is 9.59 Å². The van der Waals surface area contributed by atoms with Gasteiger partial charge in [0.05, 0.1) is 0 Å². The number of ether oxygens (including phenoxy) is 1. The largest absolute Gasteiger partial charge is 0.453 e. The van der Waals surface area contributed by atoms with E-state index in [0.29, 0.717) is 23.6 Å². The third-order valence-electron chi connectivity index (χ3n) is 4.89. The molecule has 0 aliphatic heterocycles. The molecule has 0 spiro atoms. The van der Waals surface area contributed by atoms with Crippen LogP contribution in [-0.4, -0.2) is 21.2 Å². The minimum atomic E-state index is -0.698. The molecule has 0 aliphatic carbocycles. The monoisotopic (exact) mass is 406 g/mol. The Balaban J connectivity index is 1.64. The Labute approximate surface area is 173 Å². The van der Waals surface area contributed by atoms with Crippen molar-refractivity contribution in [2.75, 3.05) is 0 Å². The maximum atomic E-state index is 12.3. The first-order valence-corrected chi connectivity index (χ1v) is 9.52. The van der Waals surface area contributed by atoms with E-state index in [4.69, 9.17) is 14.4 Å². The van der Waals surface area contributed by atoms with Gasteiger partial charge in [-0.25, -0.2) is 0 Å². The number of esters is 1. The molecule has 3 rings (SSSR count). The lowest BCUT2D eigenvalue weighted by Crippen LogP contribution is -2.17. The molecule has 30 heavy (non-hydrogen) atoms. The Hall–Kier alpha value is -3.73. The highest BCUT2D eigenvalue weighted by molar-refractivity contribution is 5.70. The van der Waals surface area contributed by atoms with Crippen molar-refractivity contribution in [2.24, 2.45) is 0 Å². The fourth-order valence-electron chi connectivity index (χ4n) is 3.17. The van der Waals surface area contributed by atoms with E-state index in [0.717, 1.165) is 16.7 Å². The lowest BCUT2D eigenvalue weighted by molar-refractivity contribution is -0.149. The number of nitrogens with one attached hydrogen (secondary N) is 1. The van der Waals surface area contributed by atoms with Crippen LogP contribution in [0.15, 0.2) is 33.5 Å². The number of aromatic amines is 1. The van der Waals surface area contributed by atoms with Crippen LogP contribution in [-0.2, 0) is 16.0 Å². The molecular formula is C22H22N4O4. The molecule has 0 bridgehead atoms. The zero-order valence-electron chi connectivity index (χ0n) is 17.3. The van der Waals surface area contributed by atoms with Crippen LogP contribution in [0.1, 0.15) is 53.3 Å². The minimum Gasteiger partial charge on any atom is -0.453 e. The molecule has 8 heteroatoms. The van der Waals surface area contributed by atoms with E-state index < -0.39 is 17.6 Å². The normalized spacial score (nSPS) is 11.7. The summed E-state index contributed by atoms with van der Waals surface area (Å²) in [4.78, 5) is 26.8. The number of nitrogens with zero attached hydrogens (tertiary/aromatic N) is 3. The molecule has 1 atom stereocenters. The third kappa shape index (κ3) is 4.46. The predicted octanol–water partition coefficient (Wildman–Crippen LogP) is 3.46. The lowest BCUT2D eigenvalue weighted by Gasteiger charge is -2.12. The Kier molecular flexibility index (Phi) is 6.11. The second kappa shape index (κ2) is 8.74. The number of carbonyl (C=O) groups excluding carboxylic acids is 1. The highest BCUT2D eigenvalue weighted by atomic mass is 16.6. The summed E-state index contributed by atoms with van der Waals surface area (Å²) in [7, 11) is 0. The molecule has 2 aromatic heterocycles. The number of H-pyrrole nitrogens is 1. The molecule has 2 heterocycles. The maximum Gasteiger partial charge on any atom is 0.306 e. The second-order valence-electron chi connectivity index (χ2n) is 7.11. The summed E-state index contributed by atoms with van der Waals surface area (Å²) in [6, 6.07) is 9.56. The van der Waals surface area contributed by atoms with Crippen molar-refractivity contribution in [2.45, 2.75) is 46.6 Å². The van der Waals surface area contributed by atoms with E-state index in [2.05, 4.69) is 15.2 Å². The van der Waals surface area contributed by atoms with Crippen LogP contribution in [0.2, 0.25) is 0 Å². The fourth-order valence-corrected chi connectivity index (χ4v) is 3.17. The first kappa shape index (κ1) is 21.0. The molecule has 0 saturated carbocycles. The standard InChI is InChI=1S/C22H22N4O4/c1-12-5-7-16(8-6-12)22-26-25-21(30-22)15(4)29-19(27)10-9-17-13(2)18(11-23)20(28)24-14(17)3/h5-8,15H,9-10H2,1-4H3,(H,24,28)/t15-/m0/s1. The second-order valence-corrected chi connectivity index (χ2v) is 7.11. The average molecular weight is 406 g/mol. The maximum absolute atomic E-state index is 12.3. The van der Waals surface area contributed by atoms with Gasteiger partial charge in [0.1, 0.15) is 11.6 Å². The zero-order valence-corrected chi connectivity index (χ0v) is 17.3. The van der Waals surface area contributed by atoms with Crippen molar-refractivity contribution < 1.29 is 13.9 Å². The van der Waals surface area contributed by atoms with Gasteiger partial charge in [-0.3, -0.25) is 9.59 Å². The van der Waals surface area contributed by atoms with Crippen molar-refractivity contribution in [3.05, 3.63) is 68.5 Å². The number of benzene rings is 1. The summed E-state index contributed by atoms with van der Waals surface area (Å²) in [6.45, 7) is 7.09. The van der Waals surface area contributed by atoms with Crippen molar-refractivity contribution in [3.63, 3.8) is 0 Å². The summed E-state index contributed by atoms with van der Waals surface area (Å²) in [5.74, 6) is 0.125. The molecule has 3 aromatic rings. The average Bonchev–Trinajstić information content (AvgIpc) is 3.19. The van der Waals surface area contributed by atoms with Gasteiger partial charge in [-0.15, -0.1) is 10.2 Å². The van der Waals surface area contributed by atoms with Gasteiger partial charge in [0.2, 0.25) is 5.89 Å². The molecule has 0 radical (unpaired) electrons. The predicted molar refractivity (Wildman–Crippen MR) is 109 cm³/mol. The Morgan fingerprint density at radius 3 is 2.60 bits per heavy atom. The van der Waals surface area contributed by atoms with Crippen LogP contribution in [0.4, 0.5) is 0 Å². The molecule has 0 aliphatic rings. The van der Waals surface area contributed by atoms with Crippen molar-refractivity contribution >= 4 is 5.97 Å². The van der Waals surface area contributed by atoms with Gasteiger partial charge >= 0.3 is 5.97 Å². The zero-order chi connectivity index (χ0) is 21.8. The quantitative estimate of drug-likeness (QED) is 0.622. The number of aromatic nitrogens is 3. The first-order chi connectivity index (χ1) is 14.3. The molecular weight excluding hydrogens is 384 g/mol. The van der Waals surface area contributed by atoms with Gasteiger partial charge in [-0.1, -0.05) is 17.7 Å². The Morgan fingerprint density at radius 1 is 1.23 bits per heavy atom. The number of hydrogen-bond donors (Lipinski definition) is 1. The van der Waals surface area contributed by atoms with Crippen molar-refractivity contribution in [1.82, 2.24) is 15.2 Å². The summed E-state index contributed by atoms with van der Waals surface area (Å²) < 4.78 is 11.1. The van der Waals surface area contributed by atoms with Crippen LogP contribution in [0.3, 0.4) is 0 Å². The SMILES string of the molecule is Cc1ccc(-c2nnc([C@H](C)OC(=O)CCc3c(C)[nH]c(=O)c(C#N)c3C)o2)cc1. The number of pyridine rings is 1. The van der Waals surface area contributed by atoms with Crippen LogP contribution in [0, 0.1) is 32.1 Å². The van der Waals surface area contributed by atoms with Crippen LogP contribution in [0.25, 0.3) is 11.5 Å². The highest BCUT2D eigenvalue weighted by Gasteiger charge is 2.20. The smallest absolute Gasteiger partial charge is 0.306 e. The molecule has 1 aromatic carbocycles. The summed E-state index contributed by atoms with van der Waals surface area (Å²) in [6.07, 6.45) is -0.272. The van der Waals surface area contributed by atoms with Crippen LogP contribution in [0.5, 0.6) is 0 Å². The first-order valence-electron chi connectivity index (χ1n) is 9.52. The van der Waals surface area contributed by atoms with Crippen molar-refractivity contribution in [3.8, 4) is 17.5 Å². The summed E-state index contributed by atoms with van der Waals surface area (Å²) in [5, 5.41) is 17.1. The minimum absolute atomic E-state index is 0.0619. The van der Waals surface area contributed by atoms with E-state index in [1.54, 1.807) is 20.8 Å². The molecule has 0 amide bonds. The van der Waals surface area contributed by atoms with E-state index in [1.165, 1.54) is 0 Å². The number of rotatable bonds is 6. The summed E-state index contributed by atoms with van der Waals surface area (Å²) >= 11 is 0. The Bertz CT molecular complexity index is 1170. The molecule has 0 unspecified atom stereocenters. The van der Waals surface area contributed by atoms with Gasteiger partial charge in [-0.2, -0.15) is 5.26 Å². The molecule has 8 nitrogen and oxygen atoms in total. The van der Waals surface area contributed by atoms with Crippen LogP contribution >= 0.6 is 0 Å². The Morgan fingerprint density at radius 2 is 1.93 bits per heavy atom. The van der Waals surface area contributed by atoms with E-state index in [-0.39, 0.29) is 17.9 Å². The fraction of sp³-hybridized carbons (Fsp3) is 0.318.